The molecule has 0 aromatic carbocycles. The molecule has 5 nitrogen and oxygen atoms in total. The zero-order chi connectivity index (χ0) is 11.4. The molecule has 0 aliphatic carbocycles. The lowest BCUT2D eigenvalue weighted by Crippen LogP contribution is -2.08. The molecule has 0 amide bonds. The van der Waals surface area contributed by atoms with Gasteiger partial charge in [0.25, 0.3) is 0 Å². The van der Waals surface area contributed by atoms with Gasteiger partial charge in [-0.15, -0.1) is 0 Å². The van der Waals surface area contributed by atoms with Crippen LogP contribution < -0.4 is 11.1 Å². The first kappa shape index (κ1) is 11.2. The molecule has 16 heavy (non-hydrogen) atoms. The number of nitriles is 1. The largest absolute Gasteiger partial charge is 0.382 e. The molecular weight excluding hydrogens is 224 g/mol. The maximum atomic E-state index is 8.88. The van der Waals surface area contributed by atoms with Crippen molar-refractivity contribution < 1.29 is 4.74 Å². The van der Waals surface area contributed by atoms with Crippen LogP contribution in [0, 0.1) is 17.2 Å². The van der Waals surface area contributed by atoms with Crippen LogP contribution in [0.4, 0.5) is 10.8 Å². The van der Waals surface area contributed by atoms with Gasteiger partial charge in [0.15, 0.2) is 5.82 Å². The molecule has 1 aromatic rings. The van der Waals surface area contributed by atoms with Gasteiger partial charge in [-0.3, -0.25) is 0 Å². The molecule has 2 rings (SSSR count). The van der Waals surface area contributed by atoms with E-state index < -0.39 is 0 Å². The Kier molecular flexibility index (Phi) is 3.59. The van der Waals surface area contributed by atoms with Crippen molar-refractivity contribution in [2.75, 3.05) is 30.8 Å². The molecule has 0 bridgehead atoms. The van der Waals surface area contributed by atoms with Gasteiger partial charge in [0.1, 0.15) is 16.6 Å². The van der Waals surface area contributed by atoms with Crippen LogP contribution in [0.2, 0.25) is 0 Å². The average molecular weight is 238 g/mol. The van der Waals surface area contributed by atoms with Crippen LogP contribution in [0.15, 0.2) is 0 Å². The van der Waals surface area contributed by atoms with E-state index in [-0.39, 0.29) is 0 Å². The van der Waals surface area contributed by atoms with Gasteiger partial charge in [0, 0.05) is 19.8 Å². The number of ether oxygens (including phenoxy) is 1. The second kappa shape index (κ2) is 5.14. The smallest absolute Gasteiger partial charge is 0.157 e. The number of nitrogens with zero attached hydrogens (tertiary/aromatic N) is 2. The number of hydrogen-bond donors (Lipinski definition) is 2. The van der Waals surface area contributed by atoms with Crippen LogP contribution in [0.5, 0.6) is 0 Å². The number of anilines is 2. The van der Waals surface area contributed by atoms with Crippen molar-refractivity contribution in [2.45, 2.75) is 12.8 Å². The first-order chi connectivity index (χ1) is 7.81. The molecule has 1 saturated heterocycles. The van der Waals surface area contributed by atoms with Crippen molar-refractivity contribution in [2.24, 2.45) is 5.92 Å². The fourth-order valence-corrected chi connectivity index (χ4v) is 2.42. The molecule has 1 aliphatic rings. The summed E-state index contributed by atoms with van der Waals surface area (Å²) >= 11 is 1.24. The Morgan fingerprint density at radius 2 is 2.56 bits per heavy atom. The second-order valence-corrected chi connectivity index (χ2v) is 4.60. The van der Waals surface area contributed by atoms with Gasteiger partial charge in [0.05, 0.1) is 0 Å². The molecule has 1 atom stereocenters. The first-order valence-corrected chi connectivity index (χ1v) is 6.05. The quantitative estimate of drug-likeness (QED) is 0.829. The minimum atomic E-state index is 0.319. The van der Waals surface area contributed by atoms with Crippen LogP contribution in [0.3, 0.4) is 0 Å². The molecule has 0 spiro atoms. The molecule has 0 saturated carbocycles. The Hall–Kier alpha value is -1.32. The molecule has 1 aliphatic heterocycles. The normalized spacial score (nSPS) is 19.6. The van der Waals surface area contributed by atoms with E-state index in [4.69, 9.17) is 15.7 Å². The highest BCUT2D eigenvalue weighted by Gasteiger charge is 2.16. The summed E-state index contributed by atoms with van der Waals surface area (Å²) in [7, 11) is 0. The number of nitrogens with two attached hydrogens (primary N) is 1. The summed E-state index contributed by atoms with van der Waals surface area (Å²) in [5.74, 6) is 0.961. The van der Waals surface area contributed by atoms with Gasteiger partial charge in [-0.05, 0) is 30.3 Å². The molecule has 86 valence electrons. The van der Waals surface area contributed by atoms with E-state index in [1.807, 2.05) is 0 Å². The first-order valence-electron chi connectivity index (χ1n) is 5.28. The van der Waals surface area contributed by atoms with Gasteiger partial charge < -0.3 is 15.8 Å². The molecule has 6 heteroatoms. The van der Waals surface area contributed by atoms with Gasteiger partial charge >= 0.3 is 0 Å². The predicted octanol–water partition coefficient (Wildman–Crippen LogP) is 1.44. The van der Waals surface area contributed by atoms with E-state index in [0.717, 1.165) is 37.6 Å². The SMILES string of the molecule is N#Cc1c(N)nsc1NCCC1CCOC1. The molecule has 1 aromatic heterocycles. The fourth-order valence-electron chi connectivity index (χ4n) is 1.73. The summed E-state index contributed by atoms with van der Waals surface area (Å²) < 4.78 is 9.25. The summed E-state index contributed by atoms with van der Waals surface area (Å²) in [5.41, 5.74) is 6.03. The van der Waals surface area contributed by atoms with E-state index in [1.165, 1.54) is 11.5 Å². The van der Waals surface area contributed by atoms with Gasteiger partial charge in [0.2, 0.25) is 0 Å². The zero-order valence-electron chi connectivity index (χ0n) is 8.90. The van der Waals surface area contributed by atoms with Crippen molar-refractivity contribution in [3.05, 3.63) is 5.56 Å². The summed E-state index contributed by atoms with van der Waals surface area (Å²) in [6, 6.07) is 2.06. The highest BCUT2D eigenvalue weighted by Crippen LogP contribution is 2.26. The number of aromatic nitrogens is 1. The van der Waals surface area contributed by atoms with Crippen molar-refractivity contribution in [1.82, 2.24) is 4.37 Å². The van der Waals surface area contributed by atoms with Gasteiger partial charge in [-0.1, -0.05) is 0 Å². The van der Waals surface area contributed by atoms with Crippen molar-refractivity contribution in [1.29, 1.82) is 5.26 Å². The number of nitrogen functional groups attached to an aromatic ring is 1. The van der Waals surface area contributed by atoms with E-state index >= 15 is 0 Å². The van der Waals surface area contributed by atoms with E-state index in [9.17, 15) is 0 Å². The third kappa shape index (κ3) is 2.43. The Morgan fingerprint density at radius 3 is 3.25 bits per heavy atom. The summed E-state index contributed by atoms with van der Waals surface area (Å²) in [5, 5.41) is 12.9. The monoisotopic (exact) mass is 238 g/mol. The standard InChI is InChI=1S/C10H14N4OS/c11-5-8-9(12)14-16-10(8)13-3-1-7-2-4-15-6-7/h7,13H,1-4,6H2,(H2,12,14). The zero-order valence-corrected chi connectivity index (χ0v) is 9.72. The van der Waals surface area contributed by atoms with Gasteiger partial charge in [-0.25, -0.2) is 0 Å². The van der Waals surface area contributed by atoms with Crippen LogP contribution in [0.25, 0.3) is 0 Å². The van der Waals surface area contributed by atoms with Crippen LogP contribution in [-0.4, -0.2) is 24.1 Å². The van der Waals surface area contributed by atoms with E-state index in [1.54, 1.807) is 0 Å². The average Bonchev–Trinajstić information content (AvgIpc) is 2.89. The van der Waals surface area contributed by atoms with Crippen molar-refractivity contribution in [3.63, 3.8) is 0 Å². The van der Waals surface area contributed by atoms with Crippen LogP contribution in [0.1, 0.15) is 18.4 Å². The highest BCUT2D eigenvalue weighted by atomic mass is 32.1. The lowest BCUT2D eigenvalue weighted by molar-refractivity contribution is 0.185. The molecule has 0 radical (unpaired) electrons. The van der Waals surface area contributed by atoms with E-state index in [0.29, 0.717) is 17.3 Å². The summed E-state index contributed by atoms with van der Waals surface area (Å²) in [6.07, 6.45) is 2.19. The van der Waals surface area contributed by atoms with Gasteiger partial charge in [-0.2, -0.15) is 9.64 Å². The van der Waals surface area contributed by atoms with Crippen LogP contribution >= 0.6 is 11.5 Å². The van der Waals surface area contributed by atoms with E-state index in [2.05, 4.69) is 15.8 Å². The maximum Gasteiger partial charge on any atom is 0.157 e. The molecular formula is C10H14N4OS. The summed E-state index contributed by atoms with van der Waals surface area (Å²) in [4.78, 5) is 0. The van der Waals surface area contributed by atoms with Crippen molar-refractivity contribution >= 4 is 22.4 Å². The van der Waals surface area contributed by atoms with Crippen molar-refractivity contribution in [3.8, 4) is 6.07 Å². The molecule has 1 unspecified atom stereocenters. The third-order valence-corrected chi connectivity index (χ3v) is 3.51. The number of nitrogens with one attached hydrogen (secondary N) is 1. The Bertz CT molecular complexity index is 392. The summed E-state index contributed by atoms with van der Waals surface area (Å²) in [6.45, 7) is 2.57. The number of hydrogen-bond acceptors (Lipinski definition) is 6. The number of rotatable bonds is 4. The highest BCUT2D eigenvalue weighted by molar-refractivity contribution is 7.10. The maximum absolute atomic E-state index is 8.88. The topological polar surface area (TPSA) is 84.0 Å². The fraction of sp³-hybridized carbons (Fsp3) is 0.600. The predicted molar refractivity (Wildman–Crippen MR) is 63.3 cm³/mol. The Labute approximate surface area is 98.4 Å². The molecule has 1 fully saturated rings. The third-order valence-electron chi connectivity index (χ3n) is 2.69. The van der Waals surface area contributed by atoms with Crippen LogP contribution in [-0.2, 0) is 4.74 Å². The Morgan fingerprint density at radius 1 is 1.69 bits per heavy atom. The minimum absolute atomic E-state index is 0.319. The lowest BCUT2D eigenvalue weighted by atomic mass is 10.1. The minimum Gasteiger partial charge on any atom is -0.382 e. The molecule has 3 N–H and O–H groups in total. The second-order valence-electron chi connectivity index (χ2n) is 3.83. The molecule has 2 heterocycles. The Balaban J connectivity index is 1.82. The lowest BCUT2D eigenvalue weighted by Gasteiger charge is -2.07.